The number of hydrogen-bond donors (Lipinski definition) is 0. The summed E-state index contributed by atoms with van der Waals surface area (Å²) in [4.78, 5) is 9.98. The Hall–Kier alpha value is -5.80. The predicted octanol–water partition coefficient (Wildman–Crippen LogP) is 9.60. The Bertz CT molecular complexity index is 2280. The van der Waals surface area contributed by atoms with Crippen LogP contribution in [0.15, 0.2) is 164 Å². The van der Waals surface area contributed by atoms with Gasteiger partial charge in [-0.3, -0.25) is 9.55 Å². The maximum absolute atomic E-state index is 5.23. The Morgan fingerprint density at radius 1 is 0.545 bits per heavy atom. The average Bonchev–Trinajstić information content (AvgIpc) is 3.50. The predicted molar refractivity (Wildman–Crippen MR) is 179 cm³/mol. The summed E-state index contributed by atoms with van der Waals surface area (Å²) in [6.45, 7) is 0. The van der Waals surface area contributed by atoms with Gasteiger partial charge in [0.1, 0.15) is 5.69 Å². The zero-order valence-electron chi connectivity index (χ0n) is 23.9. The van der Waals surface area contributed by atoms with Crippen LogP contribution in [0.2, 0.25) is 0 Å². The lowest BCUT2D eigenvalue weighted by Crippen LogP contribution is -2.35. The van der Waals surface area contributed by atoms with Gasteiger partial charge in [-0.05, 0) is 74.5 Å². The molecule has 3 heterocycles. The van der Waals surface area contributed by atoms with Crippen LogP contribution in [0, 0.1) is 0 Å². The van der Waals surface area contributed by atoms with E-state index in [-0.39, 0.29) is 0 Å². The lowest BCUT2D eigenvalue weighted by atomic mass is 9.63. The largest absolute Gasteiger partial charge is 0.290 e. The third kappa shape index (κ3) is 3.44. The van der Waals surface area contributed by atoms with Crippen molar-refractivity contribution in [1.29, 1.82) is 0 Å². The highest BCUT2D eigenvalue weighted by molar-refractivity contribution is 5.98. The van der Waals surface area contributed by atoms with Crippen LogP contribution >= 0.6 is 0 Å². The molecule has 9 rings (SSSR count). The van der Waals surface area contributed by atoms with E-state index >= 15 is 0 Å². The third-order valence-electron chi connectivity index (χ3n) is 9.13. The van der Waals surface area contributed by atoms with Crippen LogP contribution in [0.25, 0.3) is 50.1 Å². The van der Waals surface area contributed by atoms with E-state index in [1.54, 1.807) is 0 Å². The number of imidazole rings is 1. The molecule has 6 aromatic carbocycles. The molecule has 0 atom stereocenters. The van der Waals surface area contributed by atoms with Gasteiger partial charge in [0.2, 0.25) is 0 Å². The summed E-state index contributed by atoms with van der Waals surface area (Å²) < 4.78 is 2.33. The molecule has 2 aromatic heterocycles. The van der Waals surface area contributed by atoms with Crippen LogP contribution in [0.5, 0.6) is 0 Å². The fourth-order valence-corrected chi connectivity index (χ4v) is 7.32. The van der Waals surface area contributed by atoms with Crippen LogP contribution < -0.4 is 0 Å². The fourth-order valence-electron chi connectivity index (χ4n) is 7.32. The van der Waals surface area contributed by atoms with Crippen LogP contribution in [-0.4, -0.2) is 14.5 Å². The maximum Gasteiger partial charge on any atom is 0.164 e. The first-order valence-electron chi connectivity index (χ1n) is 15.0. The molecule has 0 fully saturated rings. The van der Waals surface area contributed by atoms with E-state index in [1.165, 1.54) is 44.2 Å². The highest BCUT2D eigenvalue weighted by Crippen LogP contribution is 2.54. The molecular formula is C41H27N3. The van der Waals surface area contributed by atoms with E-state index in [0.29, 0.717) is 0 Å². The topological polar surface area (TPSA) is 30.7 Å². The molecule has 44 heavy (non-hydrogen) atoms. The first-order chi connectivity index (χ1) is 21.8. The Kier molecular flexibility index (Phi) is 5.41. The van der Waals surface area contributed by atoms with Crippen molar-refractivity contribution in [3.63, 3.8) is 0 Å². The van der Waals surface area contributed by atoms with Crippen LogP contribution in [-0.2, 0) is 5.41 Å². The number of aromatic nitrogens is 3. The summed E-state index contributed by atoms with van der Waals surface area (Å²) in [6, 6.07) is 56.7. The minimum atomic E-state index is -0.574. The van der Waals surface area contributed by atoms with Crippen molar-refractivity contribution in [3.8, 4) is 28.3 Å². The highest BCUT2D eigenvalue weighted by atomic mass is 15.1. The van der Waals surface area contributed by atoms with Gasteiger partial charge in [0.25, 0.3) is 0 Å². The molecule has 0 radical (unpaired) electrons. The molecule has 3 heteroatoms. The normalized spacial score (nSPS) is 13.2. The summed E-state index contributed by atoms with van der Waals surface area (Å²) in [5.41, 5.74) is 10.8. The van der Waals surface area contributed by atoms with E-state index in [9.17, 15) is 0 Å². The second-order valence-corrected chi connectivity index (χ2v) is 11.4. The van der Waals surface area contributed by atoms with Gasteiger partial charge in [0.05, 0.1) is 22.1 Å². The molecule has 0 unspecified atom stereocenters. The first-order valence-corrected chi connectivity index (χ1v) is 15.0. The van der Waals surface area contributed by atoms with Gasteiger partial charge in [0.15, 0.2) is 5.82 Å². The zero-order chi connectivity index (χ0) is 29.1. The number of para-hydroxylation sites is 1. The Balaban J connectivity index is 1.47. The number of pyridine rings is 1. The molecule has 0 saturated heterocycles. The van der Waals surface area contributed by atoms with Gasteiger partial charge in [-0.15, -0.1) is 0 Å². The van der Waals surface area contributed by atoms with Crippen LogP contribution in [0.1, 0.15) is 22.3 Å². The van der Waals surface area contributed by atoms with E-state index in [0.717, 1.165) is 28.2 Å². The molecule has 1 aliphatic heterocycles. The number of nitrogens with zero attached hydrogens (tertiary/aromatic N) is 3. The van der Waals surface area contributed by atoms with Crippen molar-refractivity contribution in [1.82, 2.24) is 14.5 Å². The monoisotopic (exact) mass is 561 g/mol. The van der Waals surface area contributed by atoms with Crippen LogP contribution in [0.4, 0.5) is 0 Å². The molecule has 0 spiro atoms. The number of fused-ring (bicyclic) bond motifs is 3. The SMILES string of the molecule is c1ccc(C2(c3ccccc3)c3cc(-c4cccc5ccccc45)ccc3-n3c(-c4ccccn4)nc4cccc2c43)cc1. The van der Waals surface area contributed by atoms with Crippen molar-refractivity contribution in [2.45, 2.75) is 5.41 Å². The molecule has 3 nitrogen and oxygen atoms in total. The van der Waals surface area contributed by atoms with Gasteiger partial charge in [-0.25, -0.2) is 4.98 Å². The molecule has 206 valence electrons. The Labute approximate surface area is 255 Å². The Morgan fingerprint density at radius 3 is 2.02 bits per heavy atom. The van der Waals surface area contributed by atoms with Crippen molar-refractivity contribution in [3.05, 3.63) is 186 Å². The molecule has 0 N–H and O–H groups in total. The van der Waals surface area contributed by atoms with Gasteiger partial charge in [0, 0.05) is 6.20 Å². The lowest BCUT2D eigenvalue weighted by Gasteiger charge is -2.41. The molecule has 0 bridgehead atoms. The average molecular weight is 562 g/mol. The van der Waals surface area contributed by atoms with Crippen molar-refractivity contribution >= 4 is 21.8 Å². The standard InChI is InChI=1S/C41H27N3/c1-3-15-30(16-4-1)41(31-17-5-2-6-18-31)34-21-12-23-36-39(34)44(40(43-36)37-22-9-10-26-42-37)38-25-24-29(27-35(38)41)33-20-11-14-28-13-7-8-19-32(28)33/h1-27H. The molecule has 1 aliphatic rings. The summed E-state index contributed by atoms with van der Waals surface area (Å²) in [5.74, 6) is 0.849. The summed E-state index contributed by atoms with van der Waals surface area (Å²) >= 11 is 0. The van der Waals surface area contributed by atoms with Gasteiger partial charge >= 0.3 is 0 Å². The fraction of sp³-hybridized carbons (Fsp3) is 0.0244. The van der Waals surface area contributed by atoms with Crippen LogP contribution in [0.3, 0.4) is 0 Å². The van der Waals surface area contributed by atoms with E-state index in [4.69, 9.17) is 9.97 Å². The van der Waals surface area contributed by atoms with Gasteiger partial charge < -0.3 is 0 Å². The summed E-state index contributed by atoms with van der Waals surface area (Å²) in [7, 11) is 0. The first kappa shape index (κ1) is 24.8. The second kappa shape index (κ2) is 9.62. The zero-order valence-corrected chi connectivity index (χ0v) is 23.9. The summed E-state index contributed by atoms with van der Waals surface area (Å²) in [5, 5.41) is 2.48. The van der Waals surface area contributed by atoms with Gasteiger partial charge in [-0.2, -0.15) is 0 Å². The minimum absolute atomic E-state index is 0.574. The van der Waals surface area contributed by atoms with Crippen molar-refractivity contribution < 1.29 is 0 Å². The molecule has 8 aromatic rings. The number of hydrogen-bond acceptors (Lipinski definition) is 2. The molecule has 0 saturated carbocycles. The van der Waals surface area contributed by atoms with E-state index in [1.807, 2.05) is 24.4 Å². The van der Waals surface area contributed by atoms with E-state index < -0.39 is 5.41 Å². The van der Waals surface area contributed by atoms with Gasteiger partial charge in [-0.1, -0.05) is 127 Å². The number of rotatable bonds is 4. The molecule has 0 aliphatic carbocycles. The van der Waals surface area contributed by atoms with Crippen molar-refractivity contribution in [2.24, 2.45) is 0 Å². The molecule has 0 amide bonds. The Morgan fingerprint density at radius 2 is 1.25 bits per heavy atom. The maximum atomic E-state index is 5.23. The second-order valence-electron chi connectivity index (χ2n) is 11.4. The molecular weight excluding hydrogens is 534 g/mol. The third-order valence-corrected chi connectivity index (χ3v) is 9.13. The smallest absolute Gasteiger partial charge is 0.164 e. The quantitative estimate of drug-likeness (QED) is 0.214. The summed E-state index contributed by atoms with van der Waals surface area (Å²) in [6.07, 6.45) is 1.84. The van der Waals surface area contributed by atoms with Crippen molar-refractivity contribution in [2.75, 3.05) is 0 Å². The number of benzene rings is 6. The lowest BCUT2D eigenvalue weighted by molar-refractivity contribution is 0.725. The minimum Gasteiger partial charge on any atom is -0.290 e. The van der Waals surface area contributed by atoms with E-state index in [2.05, 4.69) is 144 Å². The highest BCUT2D eigenvalue weighted by Gasteiger charge is 2.45.